The third-order valence-corrected chi connectivity index (χ3v) is 17.5. The van der Waals surface area contributed by atoms with Crippen molar-refractivity contribution in [3.63, 3.8) is 0 Å². The number of rotatable bonds is 34. The number of aryl methyl sites for hydroxylation is 1. The van der Waals surface area contributed by atoms with Crippen molar-refractivity contribution < 1.29 is 109 Å². The summed E-state index contributed by atoms with van der Waals surface area (Å²) in [6, 6.07) is 9.33. The van der Waals surface area contributed by atoms with Gasteiger partial charge in [0.15, 0.2) is 12.2 Å². The zero-order chi connectivity index (χ0) is 72.1. The fourth-order valence-corrected chi connectivity index (χ4v) is 12.5. The van der Waals surface area contributed by atoms with Gasteiger partial charge in [0.2, 0.25) is 36.0 Å². The van der Waals surface area contributed by atoms with Gasteiger partial charge in [0.05, 0.1) is 56.2 Å². The number of likely N-dealkylation sites (N-methyl/N-ethyl adjacent to an activating group) is 2. The monoisotopic (exact) mass is 1370 g/mol. The maximum atomic E-state index is 15.0. The summed E-state index contributed by atoms with van der Waals surface area (Å²) in [7, 11) is 8.46. The number of carbonyl (C=O) groups excluding carboxylic acids is 11. The summed E-state index contributed by atoms with van der Waals surface area (Å²) < 4.78 is 68.8. The summed E-state index contributed by atoms with van der Waals surface area (Å²) in [5, 5.41) is 6.05. The van der Waals surface area contributed by atoms with Gasteiger partial charge in [-0.1, -0.05) is 85.2 Å². The number of hydrogen-bond donors (Lipinski definition) is 2. The average Bonchev–Trinajstić information content (AvgIpc) is 1.75. The lowest BCUT2D eigenvalue weighted by molar-refractivity contribution is -0.288. The van der Waals surface area contributed by atoms with Crippen LogP contribution in [0.4, 0.5) is 4.79 Å². The highest BCUT2D eigenvalue weighted by Crippen LogP contribution is 2.38. The fourth-order valence-electron chi connectivity index (χ4n) is 12.5. The Morgan fingerprint density at radius 3 is 1.95 bits per heavy atom. The second-order valence-electron chi connectivity index (χ2n) is 25.2. The molecule has 3 aromatic rings. The second kappa shape index (κ2) is 37.4. The molecule has 2 unspecified atom stereocenters. The van der Waals surface area contributed by atoms with Crippen molar-refractivity contribution in [1.29, 1.82) is 0 Å². The van der Waals surface area contributed by atoms with Crippen LogP contribution in [0.25, 0.3) is 11.0 Å². The van der Waals surface area contributed by atoms with Crippen LogP contribution in [0.5, 0.6) is 5.75 Å². The summed E-state index contributed by atoms with van der Waals surface area (Å²) in [4.78, 5) is 151. The Bertz CT molecular complexity index is 3190. The van der Waals surface area contributed by atoms with Crippen LogP contribution in [-0.2, 0) is 115 Å². The van der Waals surface area contributed by atoms with Crippen LogP contribution in [0, 0.1) is 23.7 Å². The SMILES string of the molecule is CCC(C)[C@@H]([C@@H](CC(=O)N1CCC[C@H]1[C@H](OC)[C@@H](C)C(=O)NC(Cc1ccccc1)C(=O)OC)OC)N(C)C(=O)[C@@H](NC(=O)[C@H](C(C)C)N(C)C(=O)OCc1ccc(O[C@@H]2O[C@H](COC(C)=O)[C@H](OC(C)=O)[C@H](OC(C)=O)[C@H]2OC(C)=O)c2cc(CCCC(=O)OC)oc12)C(C)C. The summed E-state index contributed by atoms with van der Waals surface area (Å²) in [6.45, 7) is 16.4. The van der Waals surface area contributed by atoms with Gasteiger partial charge < -0.3 is 77.0 Å². The summed E-state index contributed by atoms with van der Waals surface area (Å²) in [5.74, 6) is -7.83. The number of furan rings is 1. The van der Waals surface area contributed by atoms with Crippen LogP contribution in [0.1, 0.15) is 132 Å². The fraction of sp³-hybridized carbons (Fsp3) is 0.638. The molecule has 2 fully saturated rings. The number of likely N-dealkylation sites (tertiary alicyclic amines) is 1. The number of benzene rings is 2. The highest BCUT2D eigenvalue weighted by Gasteiger charge is 2.54. The van der Waals surface area contributed by atoms with Crippen molar-refractivity contribution in [2.24, 2.45) is 23.7 Å². The van der Waals surface area contributed by atoms with Crippen LogP contribution < -0.4 is 15.4 Å². The second-order valence-corrected chi connectivity index (χ2v) is 25.2. The topological polar surface area (TPSA) is 336 Å². The van der Waals surface area contributed by atoms with E-state index in [1.165, 1.54) is 52.5 Å². The summed E-state index contributed by atoms with van der Waals surface area (Å²) >= 11 is 0. The van der Waals surface area contributed by atoms with Crippen LogP contribution in [0.3, 0.4) is 0 Å². The highest BCUT2D eigenvalue weighted by molar-refractivity contribution is 5.92. The van der Waals surface area contributed by atoms with Crippen LogP contribution in [0.15, 0.2) is 52.9 Å². The van der Waals surface area contributed by atoms with Gasteiger partial charge in [0, 0.05) is 87.4 Å². The van der Waals surface area contributed by atoms with E-state index in [-0.39, 0.29) is 54.2 Å². The van der Waals surface area contributed by atoms with Gasteiger partial charge in [0.1, 0.15) is 54.5 Å². The minimum Gasteiger partial charge on any atom is -0.469 e. The highest BCUT2D eigenvalue weighted by atomic mass is 16.7. The maximum Gasteiger partial charge on any atom is 0.410 e. The van der Waals surface area contributed by atoms with E-state index < -0.39 is 164 Å². The zero-order valence-electron chi connectivity index (χ0n) is 58.9. The molecule has 2 N–H and O–H groups in total. The Labute approximate surface area is 566 Å². The molecular formula is C69H99N5O23. The maximum absolute atomic E-state index is 15.0. The first-order valence-electron chi connectivity index (χ1n) is 32.7. The number of carbonyl (C=O) groups is 11. The van der Waals surface area contributed by atoms with Crippen LogP contribution in [0.2, 0.25) is 0 Å². The van der Waals surface area contributed by atoms with Crippen molar-refractivity contribution >= 4 is 76.5 Å². The van der Waals surface area contributed by atoms with Gasteiger partial charge in [-0.15, -0.1) is 0 Å². The molecule has 28 nitrogen and oxygen atoms in total. The summed E-state index contributed by atoms with van der Waals surface area (Å²) in [5.41, 5.74) is 1.26. The van der Waals surface area contributed by atoms with E-state index in [0.29, 0.717) is 43.6 Å². The van der Waals surface area contributed by atoms with E-state index in [1.54, 1.807) is 52.6 Å². The van der Waals surface area contributed by atoms with Gasteiger partial charge in [0.25, 0.3) is 0 Å². The third kappa shape index (κ3) is 21.6. The standard InChI is InChI=1S/C69H99N5O23/c1-18-39(6)58(52(86-14)34-54(79)74-31-23-27-50(74)59(88-16)40(7)64(81)70-49(67(84)89-17)32-45-24-20-19-21-25-45)72(12)66(83)56(37(2)3)71-65(82)57(38(4)5)73(13)69(85)91-35-46-29-30-51(48-33-47(95-60(46)48)26-22-28-55(80)87-15)96-68-63(94-44(11)78)62(93-43(10)77)61(92-42(9)76)53(97-68)36-90-41(8)75/h19-21,24-25,29-30,33,37-40,49-50,52-53,56-59,61-63,68H,18,22-23,26-28,31-32,34-36H2,1-17H3,(H,70,81)(H,71,82)/t39?,40-,49?,50+,52-,53-,56+,57+,58+,59-,61+,62+,63-,68-/m1/s1. The Hall–Kier alpha value is -8.37. The lowest BCUT2D eigenvalue weighted by Gasteiger charge is -2.43. The molecule has 2 aliphatic heterocycles. The van der Waals surface area contributed by atoms with Crippen molar-refractivity contribution in [3.8, 4) is 5.75 Å². The van der Waals surface area contributed by atoms with Gasteiger partial charge in [-0.3, -0.25) is 48.1 Å². The molecule has 0 bridgehead atoms. The van der Waals surface area contributed by atoms with E-state index in [4.69, 9.17) is 56.5 Å². The van der Waals surface area contributed by atoms with Gasteiger partial charge in [-0.2, -0.15) is 0 Å². The first-order chi connectivity index (χ1) is 45.9. The first-order valence-corrected chi connectivity index (χ1v) is 32.7. The quantitative estimate of drug-likeness (QED) is 0.0515. The number of ether oxygens (including phenoxy) is 11. The zero-order valence-corrected chi connectivity index (χ0v) is 58.9. The molecule has 0 radical (unpaired) electrons. The number of nitrogens with zero attached hydrogens (tertiary/aromatic N) is 3. The van der Waals surface area contributed by atoms with E-state index in [0.717, 1.165) is 38.2 Å². The molecule has 97 heavy (non-hydrogen) atoms. The van der Waals surface area contributed by atoms with Crippen molar-refractivity contribution in [2.45, 2.75) is 207 Å². The Morgan fingerprint density at radius 2 is 1.37 bits per heavy atom. The van der Waals surface area contributed by atoms with Gasteiger partial charge >= 0.3 is 41.9 Å². The molecule has 0 spiro atoms. The van der Waals surface area contributed by atoms with E-state index in [1.807, 2.05) is 44.2 Å². The molecule has 538 valence electrons. The predicted molar refractivity (Wildman–Crippen MR) is 347 cm³/mol. The number of fused-ring (bicyclic) bond motifs is 1. The minimum absolute atomic E-state index is 0.0406. The molecule has 5 rings (SSSR count). The number of methoxy groups -OCH3 is 4. The average molecular weight is 1370 g/mol. The van der Waals surface area contributed by atoms with Gasteiger partial charge in [-0.05, 0) is 60.8 Å². The molecule has 14 atom stereocenters. The molecule has 2 saturated heterocycles. The molecular weight excluding hydrogens is 1270 g/mol. The predicted octanol–water partition coefficient (Wildman–Crippen LogP) is 5.95. The molecule has 0 aliphatic carbocycles. The lowest BCUT2D eigenvalue weighted by atomic mass is 9.89. The number of hydrogen-bond acceptors (Lipinski definition) is 23. The molecule has 2 aromatic carbocycles. The van der Waals surface area contributed by atoms with Gasteiger partial charge in [-0.25, -0.2) is 9.59 Å². The first kappa shape index (κ1) is 79.3. The molecule has 1 aromatic heterocycles. The molecule has 28 heteroatoms. The molecule has 5 amide bonds. The largest absolute Gasteiger partial charge is 0.469 e. The van der Waals surface area contributed by atoms with Crippen molar-refractivity contribution in [3.05, 3.63) is 65.4 Å². The lowest BCUT2D eigenvalue weighted by Crippen LogP contribution is -2.63. The number of amides is 5. The van der Waals surface area contributed by atoms with E-state index in [9.17, 15) is 52.7 Å². The Balaban J connectivity index is 1.36. The van der Waals surface area contributed by atoms with E-state index >= 15 is 0 Å². The Morgan fingerprint density at radius 1 is 0.722 bits per heavy atom. The number of esters is 6. The Kier molecular flexibility index (Phi) is 30.6. The van der Waals surface area contributed by atoms with Crippen molar-refractivity contribution in [2.75, 3.05) is 55.7 Å². The van der Waals surface area contributed by atoms with Crippen LogP contribution in [-0.4, -0.2) is 209 Å². The van der Waals surface area contributed by atoms with E-state index in [2.05, 4.69) is 10.6 Å². The molecule has 3 heterocycles. The molecule has 0 saturated carbocycles. The van der Waals surface area contributed by atoms with Crippen molar-refractivity contribution in [1.82, 2.24) is 25.3 Å². The number of nitrogens with one attached hydrogen (secondary N) is 2. The third-order valence-electron chi connectivity index (χ3n) is 17.5. The normalized spacial score (nSPS) is 20.1. The smallest absolute Gasteiger partial charge is 0.410 e. The molecule has 2 aliphatic rings. The minimum atomic E-state index is -1.63. The summed E-state index contributed by atoms with van der Waals surface area (Å²) in [6.07, 6.45) is -7.71. The van der Waals surface area contributed by atoms with Crippen LogP contribution >= 0.6 is 0 Å².